The molecule has 2 aromatic rings. The van der Waals surface area contributed by atoms with Gasteiger partial charge in [-0.1, -0.05) is 35.6 Å². The first-order valence-corrected chi connectivity index (χ1v) is 10.7. The summed E-state index contributed by atoms with van der Waals surface area (Å²) in [6, 6.07) is 8.55. The molecule has 2 heterocycles. The molecule has 0 bridgehead atoms. The highest BCUT2D eigenvalue weighted by atomic mass is 32.1. The van der Waals surface area contributed by atoms with Gasteiger partial charge in [-0.3, -0.25) is 0 Å². The molecule has 150 valence electrons. The average molecular weight is 407 g/mol. The summed E-state index contributed by atoms with van der Waals surface area (Å²) >= 11 is 1.62. The lowest BCUT2D eigenvalue weighted by Gasteiger charge is -2.34. The van der Waals surface area contributed by atoms with Crippen molar-refractivity contribution in [2.75, 3.05) is 43.4 Å². The van der Waals surface area contributed by atoms with Crippen molar-refractivity contribution in [2.45, 2.75) is 6.42 Å². The van der Waals surface area contributed by atoms with Crippen LogP contribution in [0.3, 0.4) is 0 Å². The number of aliphatic hydroxyl groups is 1. The molecule has 1 aliphatic heterocycles. The Hall–Kier alpha value is -2.83. The lowest BCUT2D eigenvalue weighted by atomic mass is 10.1. The molecule has 4 rings (SSSR count). The molecule has 1 saturated heterocycles. The molecule has 2 aliphatic rings. The Balaban J connectivity index is 1.39. The summed E-state index contributed by atoms with van der Waals surface area (Å²) in [7, 11) is 2.17. The van der Waals surface area contributed by atoms with Crippen LogP contribution in [0.15, 0.2) is 72.2 Å². The molecule has 5 nitrogen and oxygen atoms in total. The normalized spacial score (nSPS) is 17.9. The van der Waals surface area contributed by atoms with E-state index in [9.17, 15) is 5.11 Å². The first kappa shape index (κ1) is 19.5. The maximum atomic E-state index is 9.55. The standard InChI is InChI=1S/C23H26N4OS/c1-26-12-14-27(15-13-26)20-6-3-5-19(16-20)25-23-24-17-22(29-23)11-9-18-4-2-7-21(28)10-8-18/h2-7,9-11,16-17,28H,8,12-15H2,1H3,(H,24,25)/b11-9+. The highest BCUT2D eigenvalue weighted by Gasteiger charge is 2.14. The van der Waals surface area contributed by atoms with Crippen molar-refractivity contribution in [2.24, 2.45) is 0 Å². The first-order valence-electron chi connectivity index (χ1n) is 9.86. The SMILES string of the molecule is CN1CCN(c2cccc(Nc3ncc(/C=C/C4=CC=CC(O)=CC4)s3)c2)CC1. The number of anilines is 3. The number of hydrogen-bond donors (Lipinski definition) is 2. The second-order valence-electron chi connectivity index (χ2n) is 7.30. The molecule has 29 heavy (non-hydrogen) atoms. The Labute approximate surface area is 176 Å². The molecule has 0 unspecified atom stereocenters. The van der Waals surface area contributed by atoms with Crippen LogP contribution in [0, 0.1) is 0 Å². The van der Waals surface area contributed by atoms with E-state index >= 15 is 0 Å². The van der Waals surface area contributed by atoms with Gasteiger partial charge in [0, 0.05) is 48.6 Å². The summed E-state index contributed by atoms with van der Waals surface area (Å²) < 4.78 is 0. The third kappa shape index (κ3) is 5.37. The molecular weight excluding hydrogens is 380 g/mol. The molecule has 0 saturated carbocycles. The van der Waals surface area contributed by atoms with Gasteiger partial charge in [0.15, 0.2) is 5.13 Å². The van der Waals surface area contributed by atoms with E-state index in [4.69, 9.17) is 0 Å². The van der Waals surface area contributed by atoms with Gasteiger partial charge in [0.1, 0.15) is 5.76 Å². The number of aliphatic hydroxyl groups excluding tert-OH is 1. The quantitative estimate of drug-likeness (QED) is 0.733. The van der Waals surface area contributed by atoms with E-state index in [0.29, 0.717) is 5.76 Å². The molecule has 0 spiro atoms. The Bertz CT molecular complexity index is 962. The minimum atomic E-state index is 0.313. The van der Waals surface area contributed by atoms with Crippen LogP contribution in [-0.4, -0.2) is 48.2 Å². The fraction of sp³-hybridized carbons (Fsp3) is 0.261. The monoisotopic (exact) mass is 406 g/mol. The Morgan fingerprint density at radius 3 is 2.90 bits per heavy atom. The van der Waals surface area contributed by atoms with Crippen LogP contribution >= 0.6 is 11.3 Å². The van der Waals surface area contributed by atoms with Crippen LogP contribution in [-0.2, 0) is 0 Å². The number of nitrogens with one attached hydrogen (secondary N) is 1. The number of piperazine rings is 1. The van der Waals surface area contributed by atoms with Gasteiger partial charge in [-0.2, -0.15) is 0 Å². The first-order chi connectivity index (χ1) is 14.2. The van der Waals surface area contributed by atoms with Crippen LogP contribution in [0.1, 0.15) is 11.3 Å². The van der Waals surface area contributed by atoms with Gasteiger partial charge in [0.2, 0.25) is 0 Å². The second kappa shape index (κ2) is 9.11. The van der Waals surface area contributed by atoms with Crippen LogP contribution in [0.4, 0.5) is 16.5 Å². The van der Waals surface area contributed by atoms with Crippen LogP contribution in [0.5, 0.6) is 0 Å². The third-order valence-electron chi connectivity index (χ3n) is 5.08. The number of rotatable bonds is 5. The zero-order chi connectivity index (χ0) is 20.1. The van der Waals surface area contributed by atoms with E-state index in [1.165, 1.54) is 5.69 Å². The van der Waals surface area contributed by atoms with Crippen LogP contribution in [0.25, 0.3) is 6.08 Å². The van der Waals surface area contributed by atoms with Gasteiger partial charge in [0.25, 0.3) is 0 Å². The van der Waals surface area contributed by atoms with Gasteiger partial charge >= 0.3 is 0 Å². The maximum absolute atomic E-state index is 9.55. The minimum absolute atomic E-state index is 0.313. The predicted octanol–water partition coefficient (Wildman–Crippen LogP) is 4.98. The fourth-order valence-corrected chi connectivity index (χ4v) is 4.07. The molecular formula is C23H26N4OS. The molecule has 0 radical (unpaired) electrons. The Kier molecular flexibility index (Phi) is 6.12. The van der Waals surface area contributed by atoms with Crippen molar-refractivity contribution in [3.63, 3.8) is 0 Å². The Morgan fingerprint density at radius 1 is 1.17 bits per heavy atom. The van der Waals surface area contributed by atoms with Gasteiger partial charge < -0.3 is 20.2 Å². The number of aromatic nitrogens is 1. The lowest BCUT2D eigenvalue weighted by Crippen LogP contribution is -2.44. The summed E-state index contributed by atoms with van der Waals surface area (Å²) in [6.45, 7) is 4.32. The largest absolute Gasteiger partial charge is 0.508 e. The summed E-state index contributed by atoms with van der Waals surface area (Å²) in [5.74, 6) is 0.313. The average Bonchev–Trinajstić information content (AvgIpc) is 3.06. The van der Waals surface area contributed by atoms with E-state index in [1.54, 1.807) is 17.4 Å². The number of hydrogen-bond acceptors (Lipinski definition) is 6. The number of thiazole rings is 1. The van der Waals surface area contributed by atoms with Crippen molar-refractivity contribution < 1.29 is 5.11 Å². The van der Waals surface area contributed by atoms with Crippen molar-refractivity contribution in [1.29, 1.82) is 0 Å². The topological polar surface area (TPSA) is 51.6 Å². The fourth-order valence-electron chi connectivity index (χ4n) is 3.33. The summed E-state index contributed by atoms with van der Waals surface area (Å²) in [5, 5.41) is 13.9. The Morgan fingerprint density at radius 2 is 2.03 bits per heavy atom. The zero-order valence-electron chi connectivity index (χ0n) is 16.6. The number of likely N-dealkylation sites (N-methyl/N-ethyl adjacent to an activating group) is 1. The van der Waals surface area contributed by atoms with Crippen LogP contribution < -0.4 is 10.2 Å². The summed E-state index contributed by atoms with van der Waals surface area (Å²) in [5.41, 5.74) is 3.46. The van der Waals surface area contributed by atoms with Crippen molar-refractivity contribution in [3.8, 4) is 0 Å². The molecule has 1 fully saturated rings. The molecule has 1 aromatic heterocycles. The molecule has 0 amide bonds. The highest BCUT2D eigenvalue weighted by molar-refractivity contribution is 7.16. The zero-order valence-corrected chi connectivity index (χ0v) is 17.4. The van der Waals surface area contributed by atoms with E-state index in [0.717, 1.165) is 53.9 Å². The van der Waals surface area contributed by atoms with Crippen LogP contribution in [0.2, 0.25) is 0 Å². The second-order valence-corrected chi connectivity index (χ2v) is 8.36. The molecule has 1 aliphatic carbocycles. The van der Waals surface area contributed by atoms with E-state index in [1.807, 2.05) is 24.4 Å². The van der Waals surface area contributed by atoms with Crippen molar-refractivity contribution in [1.82, 2.24) is 9.88 Å². The maximum Gasteiger partial charge on any atom is 0.187 e. The van der Waals surface area contributed by atoms with Gasteiger partial charge in [0.05, 0.1) is 0 Å². The summed E-state index contributed by atoms with van der Waals surface area (Å²) in [6.07, 6.45) is 14.1. The van der Waals surface area contributed by atoms with Crippen molar-refractivity contribution in [3.05, 3.63) is 77.1 Å². The van der Waals surface area contributed by atoms with Crippen molar-refractivity contribution >= 4 is 33.9 Å². The molecule has 6 heteroatoms. The number of benzene rings is 1. The predicted molar refractivity (Wildman–Crippen MR) is 123 cm³/mol. The van der Waals surface area contributed by atoms with E-state index in [-0.39, 0.29) is 0 Å². The minimum Gasteiger partial charge on any atom is -0.508 e. The smallest absolute Gasteiger partial charge is 0.187 e. The number of allylic oxidation sites excluding steroid dienone is 6. The van der Waals surface area contributed by atoms with Gasteiger partial charge in [-0.15, -0.1) is 0 Å². The number of nitrogens with zero attached hydrogens (tertiary/aromatic N) is 3. The van der Waals surface area contributed by atoms with E-state index in [2.05, 4.69) is 63.6 Å². The lowest BCUT2D eigenvalue weighted by molar-refractivity contribution is 0.313. The highest BCUT2D eigenvalue weighted by Crippen LogP contribution is 2.27. The molecule has 2 N–H and O–H groups in total. The molecule has 0 atom stereocenters. The van der Waals surface area contributed by atoms with E-state index < -0.39 is 0 Å². The van der Waals surface area contributed by atoms with Gasteiger partial charge in [-0.25, -0.2) is 4.98 Å². The molecule has 1 aromatic carbocycles. The third-order valence-corrected chi connectivity index (χ3v) is 5.95. The van der Waals surface area contributed by atoms with Gasteiger partial charge in [-0.05, 0) is 55.5 Å². The summed E-state index contributed by atoms with van der Waals surface area (Å²) in [4.78, 5) is 10.4.